The molecule has 3 N–H and O–H groups in total. The van der Waals surface area contributed by atoms with E-state index in [2.05, 4.69) is 19.9 Å². The van der Waals surface area contributed by atoms with Gasteiger partial charge in [0.25, 0.3) is 0 Å². The summed E-state index contributed by atoms with van der Waals surface area (Å²) in [5.74, 6) is -1.70. The molecule has 0 saturated heterocycles. The molecule has 9 nitrogen and oxygen atoms in total. The Morgan fingerprint density at radius 2 is 1.68 bits per heavy atom. The number of halogens is 6. The highest BCUT2D eigenvalue weighted by Gasteiger charge is 2.40. The highest BCUT2D eigenvalue weighted by Crippen LogP contribution is 2.38. The molecule has 1 aromatic heterocycles. The van der Waals surface area contributed by atoms with Crippen molar-refractivity contribution in [2.24, 2.45) is 5.14 Å². The van der Waals surface area contributed by atoms with Gasteiger partial charge in [0, 0.05) is 5.69 Å². The van der Waals surface area contributed by atoms with Crippen molar-refractivity contribution < 1.29 is 49.0 Å². The highest BCUT2D eigenvalue weighted by atomic mass is 32.2. The van der Waals surface area contributed by atoms with Gasteiger partial charge in [-0.1, -0.05) is 6.07 Å². The Bertz CT molecular complexity index is 1300. The summed E-state index contributed by atoms with van der Waals surface area (Å²) in [6.45, 7) is 0. The van der Waals surface area contributed by atoms with E-state index in [9.17, 15) is 39.6 Å². The summed E-state index contributed by atoms with van der Waals surface area (Å²) in [4.78, 5) is 11.7. The van der Waals surface area contributed by atoms with Crippen molar-refractivity contribution >= 4 is 21.8 Å². The second-order valence-corrected chi connectivity index (χ2v) is 7.96. The van der Waals surface area contributed by atoms with Crippen LogP contribution in [0.15, 0.2) is 59.6 Å². The molecule has 0 aliphatic heterocycles. The Labute approximate surface area is 186 Å². The minimum atomic E-state index is -5.10. The standard InChI is InChI=1S/C18H12F6N4O5S/c19-17(20,21)15-14(32-16(29)27-10-2-1-3-13(8-10)34(25,30)31)9-26-28(15)11-4-6-12(7-5-11)33-18(22,23)24/h1-9H,(H,27,29)(H2,25,30,31). The van der Waals surface area contributed by atoms with Crippen LogP contribution in [0.3, 0.4) is 0 Å². The number of hydrogen-bond acceptors (Lipinski definition) is 6. The number of amides is 1. The van der Waals surface area contributed by atoms with Gasteiger partial charge in [0.05, 0.1) is 16.8 Å². The lowest BCUT2D eigenvalue weighted by atomic mass is 10.3. The molecule has 2 aromatic carbocycles. The van der Waals surface area contributed by atoms with Gasteiger partial charge in [-0.25, -0.2) is 23.0 Å². The molecule has 0 aliphatic rings. The van der Waals surface area contributed by atoms with Crippen LogP contribution in [0.5, 0.6) is 11.5 Å². The molecule has 1 heterocycles. The number of sulfonamides is 1. The predicted octanol–water partition coefficient (Wildman–Crippen LogP) is 4.05. The Morgan fingerprint density at radius 1 is 1.03 bits per heavy atom. The van der Waals surface area contributed by atoms with Gasteiger partial charge in [-0.15, -0.1) is 13.2 Å². The van der Waals surface area contributed by atoms with E-state index in [1.807, 2.05) is 0 Å². The van der Waals surface area contributed by atoms with E-state index in [1.54, 1.807) is 0 Å². The number of ether oxygens (including phenoxy) is 2. The zero-order chi connectivity index (χ0) is 25.3. The number of nitrogens with zero attached hydrogens (tertiary/aromatic N) is 2. The van der Waals surface area contributed by atoms with Crippen LogP contribution >= 0.6 is 0 Å². The predicted molar refractivity (Wildman–Crippen MR) is 103 cm³/mol. The molecule has 0 bridgehead atoms. The lowest BCUT2D eigenvalue weighted by molar-refractivity contribution is -0.274. The number of primary sulfonamides is 1. The minimum absolute atomic E-state index is 0.141. The van der Waals surface area contributed by atoms with Crippen LogP contribution in [0.25, 0.3) is 5.69 Å². The third-order valence-electron chi connectivity index (χ3n) is 3.93. The number of carbonyl (C=O) groups excluding carboxylic acids is 1. The summed E-state index contributed by atoms with van der Waals surface area (Å²) < 4.78 is 109. The van der Waals surface area contributed by atoms with Gasteiger partial charge in [-0.05, 0) is 42.5 Å². The molecule has 0 spiro atoms. The van der Waals surface area contributed by atoms with E-state index in [1.165, 1.54) is 12.1 Å². The molecule has 0 atom stereocenters. The van der Waals surface area contributed by atoms with Gasteiger partial charge in [0.1, 0.15) is 5.75 Å². The quantitative estimate of drug-likeness (QED) is 0.499. The number of rotatable bonds is 5. The maximum atomic E-state index is 13.7. The van der Waals surface area contributed by atoms with Gasteiger partial charge < -0.3 is 9.47 Å². The van der Waals surface area contributed by atoms with Crippen LogP contribution in [0.2, 0.25) is 0 Å². The average molecular weight is 510 g/mol. The monoisotopic (exact) mass is 510 g/mol. The third kappa shape index (κ3) is 6.16. The Morgan fingerprint density at radius 3 is 2.24 bits per heavy atom. The van der Waals surface area contributed by atoms with E-state index >= 15 is 0 Å². The van der Waals surface area contributed by atoms with Crippen LogP contribution in [-0.2, 0) is 16.2 Å². The van der Waals surface area contributed by atoms with Crippen molar-refractivity contribution in [3.05, 3.63) is 60.4 Å². The molecule has 16 heteroatoms. The topological polar surface area (TPSA) is 126 Å². The average Bonchev–Trinajstić information content (AvgIpc) is 3.10. The minimum Gasteiger partial charge on any atom is -0.406 e. The first-order chi connectivity index (χ1) is 15.6. The number of nitrogens with two attached hydrogens (primary N) is 1. The largest absolute Gasteiger partial charge is 0.573 e. The molecule has 1 amide bonds. The lowest BCUT2D eigenvalue weighted by Gasteiger charge is -2.14. The summed E-state index contributed by atoms with van der Waals surface area (Å²) in [7, 11) is -4.11. The highest BCUT2D eigenvalue weighted by molar-refractivity contribution is 7.89. The zero-order valence-electron chi connectivity index (χ0n) is 16.4. The Kier molecular flexibility index (Phi) is 6.48. The first-order valence-electron chi connectivity index (χ1n) is 8.76. The Hall–Kier alpha value is -3.79. The number of aromatic nitrogens is 2. The fourth-order valence-corrected chi connectivity index (χ4v) is 3.21. The fraction of sp³-hybridized carbons (Fsp3) is 0.111. The summed E-state index contributed by atoms with van der Waals surface area (Å²) >= 11 is 0. The maximum absolute atomic E-state index is 13.7. The molecule has 34 heavy (non-hydrogen) atoms. The smallest absolute Gasteiger partial charge is 0.406 e. The van der Waals surface area contributed by atoms with E-state index < -0.39 is 45.8 Å². The van der Waals surface area contributed by atoms with Crippen molar-refractivity contribution in [2.75, 3.05) is 5.32 Å². The van der Waals surface area contributed by atoms with Crippen LogP contribution < -0.4 is 19.9 Å². The molecular weight excluding hydrogens is 498 g/mol. The second-order valence-electron chi connectivity index (χ2n) is 6.40. The molecule has 0 saturated carbocycles. The fourth-order valence-electron chi connectivity index (χ4n) is 2.65. The van der Waals surface area contributed by atoms with Crippen molar-refractivity contribution in [1.29, 1.82) is 0 Å². The van der Waals surface area contributed by atoms with Crippen molar-refractivity contribution in [3.8, 4) is 17.2 Å². The molecule has 0 aliphatic carbocycles. The van der Waals surface area contributed by atoms with Gasteiger partial charge in [0.15, 0.2) is 11.4 Å². The summed E-state index contributed by atoms with van der Waals surface area (Å²) in [6.07, 6.45) is -10.9. The first-order valence-corrected chi connectivity index (χ1v) is 10.3. The Balaban J connectivity index is 1.86. The summed E-state index contributed by atoms with van der Waals surface area (Å²) in [5.41, 5.74) is -1.99. The zero-order valence-corrected chi connectivity index (χ0v) is 17.2. The van der Waals surface area contributed by atoms with Crippen LogP contribution in [0.4, 0.5) is 36.8 Å². The van der Waals surface area contributed by atoms with Gasteiger partial charge in [-0.3, -0.25) is 5.32 Å². The summed E-state index contributed by atoms with van der Waals surface area (Å²) in [6, 6.07) is 7.85. The van der Waals surface area contributed by atoms with Crippen LogP contribution in [0, 0.1) is 0 Å². The maximum Gasteiger partial charge on any atom is 0.573 e. The van der Waals surface area contributed by atoms with Crippen molar-refractivity contribution in [2.45, 2.75) is 17.4 Å². The normalized spacial score (nSPS) is 12.3. The molecule has 3 aromatic rings. The molecule has 182 valence electrons. The van der Waals surface area contributed by atoms with Gasteiger partial charge in [0.2, 0.25) is 10.0 Å². The van der Waals surface area contributed by atoms with E-state index in [-0.39, 0.29) is 16.3 Å². The van der Waals surface area contributed by atoms with Crippen molar-refractivity contribution in [1.82, 2.24) is 9.78 Å². The number of nitrogens with one attached hydrogen (secondary N) is 1. The number of hydrogen-bond donors (Lipinski definition) is 2. The van der Waals surface area contributed by atoms with Gasteiger partial charge in [-0.2, -0.15) is 18.3 Å². The molecule has 0 fully saturated rings. The molecule has 0 unspecified atom stereocenters. The molecular formula is C18H12F6N4O5S. The third-order valence-corrected chi connectivity index (χ3v) is 4.84. The number of carbonyl (C=O) groups is 1. The second kappa shape index (κ2) is 8.86. The number of alkyl halides is 6. The van der Waals surface area contributed by atoms with Crippen molar-refractivity contribution in [3.63, 3.8) is 0 Å². The van der Waals surface area contributed by atoms with Crippen LogP contribution in [0.1, 0.15) is 5.69 Å². The van der Waals surface area contributed by atoms with E-state index in [4.69, 9.17) is 5.14 Å². The SMILES string of the molecule is NS(=O)(=O)c1cccc(NC(=O)Oc2cnn(-c3ccc(OC(F)(F)F)cc3)c2C(F)(F)F)c1. The lowest BCUT2D eigenvalue weighted by Crippen LogP contribution is -2.20. The first kappa shape index (κ1) is 24.8. The van der Waals surface area contributed by atoms with Crippen LogP contribution in [-0.4, -0.2) is 30.7 Å². The van der Waals surface area contributed by atoms with E-state index in [0.717, 1.165) is 36.4 Å². The molecule has 0 radical (unpaired) electrons. The van der Waals surface area contributed by atoms with E-state index in [0.29, 0.717) is 10.9 Å². The van der Waals surface area contributed by atoms with Gasteiger partial charge >= 0.3 is 18.6 Å². The number of benzene rings is 2. The number of anilines is 1. The summed E-state index contributed by atoms with van der Waals surface area (Å²) in [5, 5.41) is 10.5. The molecule has 3 rings (SSSR count).